The summed E-state index contributed by atoms with van der Waals surface area (Å²) in [6, 6.07) is 9.88. The van der Waals surface area contributed by atoms with E-state index in [2.05, 4.69) is 20.9 Å². The number of aromatic nitrogens is 2. The van der Waals surface area contributed by atoms with E-state index in [1.165, 1.54) is 12.8 Å². The SMILES string of the molecule is COCCN1C[C@@H]2CC[C@H]1CN(c1cc(C)nc(-c3ccccc3O)n1)C2. The predicted octanol–water partition coefficient (Wildman–Crippen LogP) is 2.70. The minimum atomic E-state index is 0.218. The molecule has 0 amide bonds. The van der Waals surface area contributed by atoms with Crippen molar-refractivity contribution in [1.29, 1.82) is 0 Å². The van der Waals surface area contributed by atoms with E-state index in [4.69, 9.17) is 9.72 Å². The molecule has 5 rings (SSSR count). The molecule has 2 bridgehead atoms. The number of phenolic OH excluding ortho intramolecular Hbond substituents is 1. The summed E-state index contributed by atoms with van der Waals surface area (Å²) in [5, 5.41) is 10.2. The minimum absolute atomic E-state index is 0.218. The van der Waals surface area contributed by atoms with Crippen molar-refractivity contribution in [2.24, 2.45) is 5.92 Å². The van der Waals surface area contributed by atoms with Crippen LogP contribution in [0.25, 0.3) is 11.4 Å². The third-order valence-corrected chi connectivity index (χ3v) is 5.72. The van der Waals surface area contributed by atoms with Gasteiger partial charge in [-0.05, 0) is 37.8 Å². The first-order valence-corrected chi connectivity index (χ1v) is 9.76. The summed E-state index contributed by atoms with van der Waals surface area (Å²) in [5.74, 6) is 2.43. The fourth-order valence-electron chi connectivity index (χ4n) is 4.35. The van der Waals surface area contributed by atoms with Crippen LogP contribution in [-0.4, -0.2) is 65.9 Å². The quantitative estimate of drug-likeness (QED) is 0.876. The third-order valence-electron chi connectivity index (χ3n) is 5.72. The lowest BCUT2D eigenvalue weighted by molar-refractivity contribution is 0.0889. The molecule has 1 aromatic heterocycles. The fourth-order valence-corrected chi connectivity index (χ4v) is 4.35. The van der Waals surface area contributed by atoms with Crippen LogP contribution in [0.4, 0.5) is 5.82 Å². The molecule has 2 aromatic rings. The van der Waals surface area contributed by atoms with E-state index in [9.17, 15) is 5.11 Å². The van der Waals surface area contributed by atoms with Crippen LogP contribution in [0.2, 0.25) is 0 Å². The van der Waals surface area contributed by atoms with Gasteiger partial charge in [0.2, 0.25) is 0 Å². The van der Waals surface area contributed by atoms with Gasteiger partial charge in [0.15, 0.2) is 5.82 Å². The van der Waals surface area contributed by atoms with Crippen LogP contribution in [0.1, 0.15) is 18.5 Å². The van der Waals surface area contributed by atoms with Gasteiger partial charge < -0.3 is 14.7 Å². The minimum Gasteiger partial charge on any atom is -0.507 e. The number of para-hydroxylation sites is 1. The molecule has 6 nitrogen and oxygen atoms in total. The molecule has 4 heterocycles. The molecule has 1 N–H and O–H groups in total. The lowest BCUT2D eigenvalue weighted by atomic mass is 9.95. The Morgan fingerprint density at radius 3 is 2.81 bits per heavy atom. The molecule has 27 heavy (non-hydrogen) atoms. The van der Waals surface area contributed by atoms with Gasteiger partial charge in [0, 0.05) is 51.1 Å². The van der Waals surface area contributed by atoms with Crippen molar-refractivity contribution in [3.05, 3.63) is 36.0 Å². The third kappa shape index (κ3) is 3.92. The number of phenols is 1. The van der Waals surface area contributed by atoms with Crippen LogP contribution in [0.5, 0.6) is 5.75 Å². The molecule has 0 radical (unpaired) electrons. The fraction of sp³-hybridized carbons (Fsp3) is 0.524. The number of ether oxygens (including phenoxy) is 1. The van der Waals surface area contributed by atoms with Gasteiger partial charge in [0.1, 0.15) is 11.6 Å². The van der Waals surface area contributed by atoms with Gasteiger partial charge in [0.25, 0.3) is 0 Å². The van der Waals surface area contributed by atoms with Gasteiger partial charge in [-0.3, -0.25) is 4.90 Å². The number of nitrogens with zero attached hydrogens (tertiary/aromatic N) is 4. The van der Waals surface area contributed by atoms with Gasteiger partial charge in [-0.25, -0.2) is 9.97 Å². The average Bonchev–Trinajstić information content (AvgIpc) is 2.98. The summed E-state index contributed by atoms with van der Waals surface area (Å²) in [6.07, 6.45) is 2.52. The maximum atomic E-state index is 10.2. The normalized spacial score (nSPS) is 22.8. The number of aromatic hydroxyl groups is 1. The number of piperidine rings is 1. The maximum absolute atomic E-state index is 10.2. The number of methoxy groups -OCH3 is 1. The molecule has 1 aromatic carbocycles. The van der Waals surface area contributed by atoms with Crippen molar-refractivity contribution in [3.8, 4) is 17.1 Å². The highest BCUT2D eigenvalue weighted by Crippen LogP contribution is 2.32. The second-order valence-corrected chi connectivity index (χ2v) is 7.70. The molecule has 3 fully saturated rings. The standard InChI is InChI=1S/C21H28N4O2/c1-15-11-20(23-21(22-15)18-5-3-4-6-19(18)26)25-13-16-7-8-17(14-25)24(12-16)9-10-27-2/h3-6,11,16-17,26H,7-10,12-14H2,1-2H3/t16-,17-/m0/s1. The highest BCUT2D eigenvalue weighted by molar-refractivity contribution is 5.65. The molecular formula is C21H28N4O2. The molecule has 0 unspecified atom stereocenters. The Morgan fingerprint density at radius 1 is 1.15 bits per heavy atom. The number of hydrogen-bond acceptors (Lipinski definition) is 6. The van der Waals surface area contributed by atoms with E-state index in [0.717, 1.165) is 44.3 Å². The first-order chi connectivity index (χ1) is 13.1. The van der Waals surface area contributed by atoms with Crippen molar-refractivity contribution in [3.63, 3.8) is 0 Å². The maximum Gasteiger partial charge on any atom is 0.165 e. The zero-order chi connectivity index (χ0) is 18.8. The highest BCUT2D eigenvalue weighted by atomic mass is 16.5. The molecular weight excluding hydrogens is 340 g/mol. The Balaban J connectivity index is 1.61. The van der Waals surface area contributed by atoms with Crippen LogP contribution in [0, 0.1) is 12.8 Å². The summed E-state index contributed by atoms with van der Waals surface area (Å²) in [6.45, 7) is 6.92. The van der Waals surface area contributed by atoms with Crippen LogP contribution in [0.15, 0.2) is 30.3 Å². The van der Waals surface area contributed by atoms with Gasteiger partial charge in [-0.2, -0.15) is 0 Å². The number of aryl methyl sites for hydroxylation is 1. The topological polar surface area (TPSA) is 61.7 Å². The second-order valence-electron chi connectivity index (χ2n) is 7.70. The molecule has 0 spiro atoms. The van der Waals surface area contributed by atoms with E-state index in [-0.39, 0.29) is 5.75 Å². The predicted molar refractivity (Wildman–Crippen MR) is 106 cm³/mol. The molecule has 2 atom stereocenters. The molecule has 3 aliphatic rings. The first-order valence-electron chi connectivity index (χ1n) is 9.76. The monoisotopic (exact) mass is 368 g/mol. The van der Waals surface area contributed by atoms with Crippen molar-refractivity contribution < 1.29 is 9.84 Å². The van der Waals surface area contributed by atoms with E-state index in [1.54, 1.807) is 13.2 Å². The van der Waals surface area contributed by atoms with Gasteiger partial charge in [0.05, 0.1) is 12.2 Å². The summed E-state index contributed by atoms with van der Waals surface area (Å²) < 4.78 is 5.30. The van der Waals surface area contributed by atoms with Crippen molar-refractivity contribution in [1.82, 2.24) is 14.9 Å². The number of benzene rings is 1. The lowest BCUT2D eigenvalue weighted by Crippen LogP contribution is -2.45. The largest absolute Gasteiger partial charge is 0.507 e. The van der Waals surface area contributed by atoms with Crippen molar-refractivity contribution in [2.75, 3.05) is 44.8 Å². The summed E-state index contributed by atoms with van der Waals surface area (Å²) >= 11 is 0. The summed E-state index contributed by atoms with van der Waals surface area (Å²) in [7, 11) is 1.77. The van der Waals surface area contributed by atoms with Crippen LogP contribution in [0.3, 0.4) is 0 Å². The number of hydrogen-bond donors (Lipinski definition) is 1. The number of anilines is 1. The van der Waals surface area contributed by atoms with Crippen molar-refractivity contribution in [2.45, 2.75) is 25.8 Å². The van der Waals surface area contributed by atoms with Crippen molar-refractivity contribution >= 4 is 5.82 Å². The Labute approximate surface area is 160 Å². The van der Waals surface area contributed by atoms with E-state index in [0.29, 0.717) is 23.3 Å². The smallest absolute Gasteiger partial charge is 0.165 e. The Bertz CT molecular complexity index is 798. The Hall–Kier alpha value is -2.18. The Morgan fingerprint density at radius 2 is 2.00 bits per heavy atom. The molecule has 3 aliphatic heterocycles. The molecule has 0 aliphatic carbocycles. The van der Waals surface area contributed by atoms with Gasteiger partial charge in [-0.1, -0.05) is 12.1 Å². The zero-order valence-corrected chi connectivity index (χ0v) is 16.1. The zero-order valence-electron chi connectivity index (χ0n) is 16.1. The van der Waals surface area contributed by atoms with Gasteiger partial charge in [-0.15, -0.1) is 0 Å². The summed E-state index contributed by atoms with van der Waals surface area (Å²) in [5.41, 5.74) is 1.60. The van der Waals surface area contributed by atoms with E-state index < -0.39 is 0 Å². The van der Waals surface area contributed by atoms with Crippen LogP contribution >= 0.6 is 0 Å². The molecule has 0 saturated carbocycles. The Kier molecular flexibility index (Phi) is 5.27. The second kappa shape index (κ2) is 7.82. The highest BCUT2D eigenvalue weighted by Gasteiger charge is 2.35. The molecule has 6 heteroatoms. The molecule has 3 saturated heterocycles. The van der Waals surface area contributed by atoms with E-state index in [1.807, 2.05) is 25.1 Å². The molecule has 144 valence electrons. The van der Waals surface area contributed by atoms with Crippen LogP contribution in [-0.2, 0) is 4.74 Å². The van der Waals surface area contributed by atoms with Gasteiger partial charge >= 0.3 is 0 Å². The summed E-state index contributed by atoms with van der Waals surface area (Å²) in [4.78, 5) is 14.4. The number of rotatable bonds is 5. The average molecular weight is 368 g/mol. The number of fused-ring (bicyclic) bond motifs is 4. The van der Waals surface area contributed by atoms with Crippen LogP contribution < -0.4 is 4.90 Å². The lowest BCUT2D eigenvalue weighted by Gasteiger charge is -2.35. The van der Waals surface area contributed by atoms with E-state index >= 15 is 0 Å². The first kappa shape index (κ1) is 18.2.